The summed E-state index contributed by atoms with van der Waals surface area (Å²) in [6, 6.07) is 0. The monoisotopic (exact) mass is 182 g/mol. The van der Waals surface area contributed by atoms with Crippen molar-refractivity contribution in [1.29, 1.82) is 0 Å². The second-order valence-electron chi connectivity index (χ2n) is 2.83. The van der Waals surface area contributed by atoms with Crippen LogP contribution in [-0.4, -0.2) is 28.8 Å². The lowest BCUT2D eigenvalue weighted by Gasteiger charge is -1.99. The van der Waals surface area contributed by atoms with Crippen molar-refractivity contribution in [3.8, 4) is 0 Å². The predicted octanol–water partition coefficient (Wildman–Crippen LogP) is 0.948. The van der Waals surface area contributed by atoms with Gasteiger partial charge in [0.15, 0.2) is 5.78 Å². The van der Waals surface area contributed by atoms with Gasteiger partial charge in [-0.15, -0.1) is 0 Å². The molecular weight excluding hydrogens is 168 g/mol. The van der Waals surface area contributed by atoms with Crippen LogP contribution in [0.1, 0.15) is 23.0 Å². The van der Waals surface area contributed by atoms with Crippen LogP contribution in [0, 0.1) is 6.92 Å². The van der Waals surface area contributed by atoms with Crippen LogP contribution in [0.25, 0.3) is 0 Å². The summed E-state index contributed by atoms with van der Waals surface area (Å²) >= 11 is 0. The molecule has 0 aliphatic heterocycles. The second-order valence-corrected chi connectivity index (χ2v) is 2.83. The Morgan fingerprint density at radius 1 is 1.69 bits per heavy atom. The van der Waals surface area contributed by atoms with Crippen molar-refractivity contribution in [3.05, 3.63) is 17.5 Å². The van der Waals surface area contributed by atoms with Crippen LogP contribution >= 0.6 is 0 Å². The minimum atomic E-state index is -0.00699. The van der Waals surface area contributed by atoms with Gasteiger partial charge in [0.05, 0.1) is 11.8 Å². The fourth-order valence-corrected chi connectivity index (χ4v) is 1.04. The normalized spacial score (nSPS) is 10.4. The third-order valence-corrected chi connectivity index (χ3v) is 1.97. The number of aryl methyl sites for hydroxylation is 1. The van der Waals surface area contributed by atoms with Crippen molar-refractivity contribution in [2.24, 2.45) is 7.05 Å². The molecule has 0 fully saturated rings. The van der Waals surface area contributed by atoms with Crippen molar-refractivity contribution in [2.45, 2.75) is 13.8 Å². The minimum Gasteiger partial charge on any atom is -0.374 e. The summed E-state index contributed by atoms with van der Waals surface area (Å²) in [5.74, 6) is -0.00699. The Kier molecular flexibility index (Phi) is 3.19. The third-order valence-electron chi connectivity index (χ3n) is 1.97. The fourth-order valence-electron chi connectivity index (χ4n) is 1.04. The van der Waals surface area contributed by atoms with Gasteiger partial charge in [0.25, 0.3) is 0 Å². The molecule has 0 bridgehead atoms. The first-order valence-electron chi connectivity index (χ1n) is 4.26. The fraction of sp³-hybridized carbons (Fsp3) is 0.556. The first kappa shape index (κ1) is 9.92. The van der Waals surface area contributed by atoms with Crippen LogP contribution in [0.15, 0.2) is 6.20 Å². The maximum Gasteiger partial charge on any atom is 0.191 e. The zero-order valence-electron chi connectivity index (χ0n) is 8.20. The van der Waals surface area contributed by atoms with E-state index >= 15 is 0 Å². The highest BCUT2D eigenvalue weighted by atomic mass is 16.5. The topological polar surface area (TPSA) is 44.1 Å². The van der Waals surface area contributed by atoms with E-state index in [9.17, 15) is 4.79 Å². The van der Waals surface area contributed by atoms with Gasteiger partial charge in [-0.2, -0.15) is 5.10 Å². The minimum absolute atomic E-state index is 0.00699. The highest BCUT2D eigenvalue weighted by Crippen LogP contribution is 2.06. The van der Waals surface area contributed by atoms with Gasteiger partial charge in [-0.05, 0) is 13.8 Å². The Bertz CT molecular complexity index is 305. The number of nitrogens with zero attached hydrogens (tertiary/aromatic N) is 2. The molecule has 1 aromatic rings. The molecule has 0 N–H and O–H groups in total. The van der Waals surface area contributed by atoms with Crippen molar-refractivity contribution >= 4 is 5.78 Å². The molecule has 0 saturated heterocycles. The number of aromatic nitrogens is 2. The molecule has 1 aromatic heterocycles. The molecule has 0 atom stereocenters. The van der Waals surface area contributed by atoms with Crippen LogP contribution in [0.4, 0.5) is 0 Å². The molecule has 72 valence electrons. The lowest BCUT2D eigenvalue weighted by molar-refractivity contribution is 0.0782. The van der Waals surface area contributed by atoms with Gasteiger partial charge >= 0.3 is 0 Å². The zero-order valence-corrected chi connectivity index (χ0v) is 8.20. The molecule has 1 heterocycles. The van der Waals surface area contributed by atoms with Gasteiger partial charge in [0.2, 0.25) is 0 Å². The van der Waals surface area contributed by atoms with Crippen LogP contribution in [0.3, 0.4) is 0 Å². The van der Waals surface area contributed by atoms with Gasteiger partial charge < -0.3 is 4.74 Å². The molecule has 0 aliphatic carbocycles. The number of hydrogen-bond acceptors (Lipinski definition) is 3. The molecule has 0 spiro atoms. The molecule has 4 nitrogen and oxygen atoms in total. The summed E-state index contributed by atoms with van der Waals surface area (Å²) in [5, 5.41) is 3.99. The molecule has 0 aromatic carbocycles. The van der Waals surface area contributed by atoms with Crippen LogP contribution in [-0.2, 0) is 11.8 Å². The lowest BCUT2D eigenvalue weighted by atomic mass is 10.2. The van der Waals surface area contributed by atoms with Gasteiger partial charge in [0.1, 0.15) is 6.61 Å². The van der Waals surface area contributed by atoms with Gasteiger partial charge in [-0.25, -0.2) is 0 Å². The Morgan fingerprint density at radius 2 is 2.38 bits per heavy atom. The summed E-state index contributed by atoms with van der Waals surface area (Å²) < 4.78 is 6.71. The van der Waals surface area contributed by atoms with E-state index < -0.39 is 0 Å². The molecule has 0 saturated carbocycles. The van der Waals surface area contributed by atoms with Crippen molar-refractivity contribution in [1.82, 2.24) is 9.78 Å². The maximum atomic E-state index is 11.5. The summed E-state index contributed by atoms with van der Waals surface area (Å²) in [4.78, 5) is 11.5. The van der Waals surface area contributed by atoms with E-state index in [2.05, 4.69) is 5.10 Å². The largest absolute Gasteiger partial charge is 0.374 e. The van der Waals surface area contributed by atoms with Gasteiger partial charge in [-0.1, -0.05) is 0 Å². The summed E-state index contributed by atoms with van der Waals surface area (Å²) in [7, 11) is 1.81. The quantitative estimate of drug-likeness (QED) is 0.651. The van der Waals surface area contributed by atoms with E-state index in [-0.39, 0.29) is 12.4 Å². The van der Waals surface area contributed by atoms with Crippen LogP contribution in [0.5, 0.6) is 0 Å². The van der Waals surface area contributed by atoms with Crippen LogP contribution < -0.4 is 0 Å². The molecule has 1 rings (SSSR count). The predicted molar refractivity (Wildman–Crippen MR) is 48.8 cm³/mol. The summed E-state index contributed by atoms with van der Waals surface area (Å²) in [6.07, 6.45) is 1.58. The molecule has 0 amide bonds. The Balaban J connectivity index is 2.71. The molecule has 13 heavy (non-hydrogen) atoms. The van der Waals surface area contributed by atoms with Gasteiger partial charge in [-0.3, -0.25) is 9.48 Å². The SMILES string of the molecule is CCOCC(=O)c1cnn(C)c1C. The average molecular weight is 182 g/mol. The smallest absolute Gasteiger partial charge is 0.191 e. The van der Waals surface area contributed by atoms with E-state index in [1.807, 2.05) is 20.9 Å². The number of Topliss-reactive ketones (excluding diaryl/α,β-unsaturated/α-hetero) is 1. The number of ketones is 1. The Hall–Kier alpha value is -1.16. The van der Waals surface area contributed by atoms with E-state index in [0.29, 0.717) is 12.2 Å². The maximum absolute atomic E-state index is 11.5. The number of hydrogen-bond donors (Lipinski definition) is 0. The Morgan fingerprint density at radius 3 is 2.85 bits per heavy atom. The van der Waals surface area contributed by atoms with E-state index in [1.54, 1.807) is 10.9 Å². The third kappa shape index (κ3) is 2.15. The van der Waals surface area contributed by atoms with E-state index in [0.717, 1.165) is 5.69 Å². The van der Waals surface area contributed by atoms with Crippen molar-refractivity contribution < 1.29 is 9.53 Å². The number of ether oxygens (including phenoxy) is 1. The first-order valence-corrected chi connectivity index (χ1v) is 4.26. The summed E-state index contributed by atoms with van der Waals surface area (Å²) in [6.45, 7) is 4.43. The van der Waals surface area contributed by atoms with Crippen molar-refractivity contribution in [3.63, 3.8) is 0 Å². The van der Waals surface area contributed by atoms with Crippen molar-refractivity contribution in [2.75, 3.05) is 13.2 Å². The molecule has 0 unspecified atom stereocenters. The number of carbonyl (C=O) groups excluding carboxylic acids is 1. The zero-order chi connectivity index (χ0) is 9.84. The molecular formula is C9H14N2O2. The average Bonchev–Trinajstić information content (AvgIpc) is 2.44. The highest BCUT2D eigenvalue weighted by molar-refractivity contribution is 5.97. The highest BCUT2D eigenvalue weighted by Gasteiger charge is 2.11. The number of rotatable bonds is 4. The Labute approximate surface area is 77.5 Å². The molecule has 4 heteroatoms. The van der Waals surface area contributed by atoms with Crippen LogP contribution in [0.2, 0.25) is 0 Å². The molecule has 0 radical (unpaired) electrons. The second kappa shape index (κ2) is 4.18. The summed E-state index contributed by atoms with van der Waals surface area (Å²) in [5.41, 5.74) is 1.53. The standard InChI is InChI=1S/C9H14N2O2/c1-4-13-6-9(12)8-5-10-11(3)7(8)2/h5H,4,6H2,1-3H3. The lowest BCUT2D eigenvalue weighted by Crippen LogP contribution is -2.09. The number of carbonyl (C=O) groups is 1. The first-order chi connectivity index (χ1) is 6.16. The van der Waals surface area contributed by atoms with Gasteiger partial charge in [0, 0.05) is 19.3 Å². The van der Waals surface area contributed by atoms with E-state index in [1.165, 1.54) is 0 Å². The van der Waals surface area contributed by atoms with E-state index in [4.69, 9.17) is 4.74 Å². The molecule has 0 aliphatic rings.